The molecule has 1 amide bonds. The van der Waals surface area contributed by atoms with Gasteiger partial charge in [-0.05, 0) is 11.4 Å². The van der Waals surface area contributed by atoms with Crippen LogP contribution in [-0.2, 0) is 14.3 Å². The maximum Gasteiger partial charge on any atom is 0.408 e. The molecule has 0 aromatic carbocycles. The van der Waals surface area contributed by atoms with Crippen molar-refractivity contribution in [3.8, 4) is 0 Å². The van der Waals surface area contributed by atoms with E-state index in [0.29, 0.717) is 10.5 Å². The predicted molar refractivity (Wildman–Crippen MR) is 88.7 cm³/mol. The van der Waals surface area contributed by atoms with Crippen LogP contribution in [0.2, 0.25) is 0 Å². The summed E-state index contributed by atoms with van der Waals surface area (Å²) in [6, 6.07) is 2.36. The van der Waals surface area contributed by atoms with E-state index in [9.17, 15) is 9.59 Å². The van der Waals surface area contributed by atoms with Gasteiger partial charge < -0.3 is 14.8 Å². The van der Waals surface area contributed by atoms with Crippen LogP contribution >= 0.6 is 57.7 Å². The molecular formula is C12H11Cl4NO4S. The molecule has 1 unspecified atom stereocenters. The lowest BCUT2D eigenvalue weighted by atomic mass is 10.1. The second-order valence-electron chi connectivity index (χ2n) is 3.83. The van der Waals surface area contributed by atoms with E-state index >= 15 is 0 Å². The van der Waals surface area contributed by atoms with Crippen LogP contribution in [0.1, 0.15) is 4.88 Å². The van der Waals surface area contributed by atoms with Crippen molar-refractivity contribution in [3.63, 3.8) is 0 Å². The summed E-state index contributed by atoms with van der Waals surface area (Å²) in [5.74, 6) is -0.717. The number of rotatable bonds is 5. The number of carbonyl (C=O) groups excluding carboxylic acids is 2. The molecule has 0 saturated carbocycles. The number of thiophene rings is 1. The van der Waals surface area contributed by atoms with Gasteiger partial charge in [-0.1, -0.05) is 52.5 Å². The maximum absolute atomic E-state index is 11.9. The van der Waals surface area contributed by atoms with Crippen LogP contribution in [0, 0.1) is 0 Å². The Morgan fingerprint density at radius 1 is 1.45 bits per heavy atom. The summed E-state index contributed by atoms with van der Waals surface area (Å²) in [6.07, 6.45) is -0.950. The van der Waals surface area contributed by atoms with Crippen LogP contribution in [-0.4, -0.2) is 35.6 Å². The number of alkyl halides is 3. The quantitative estimate of drug-likeness (QED) is 0.593. The number of halogens is 4. The Kier molecular flexibility index (Phi) is 7.79. The van der Waals surface area contributed by atoms with Crippen LogP contribution < -0.4 is 5.32 Å². The summed E-state index contributed by atoms with van der Waals surface area (Å²) in [5.41, 5.74) is 1.54. The third-order valence-corrected chi connectivity index (χ3v) is 3.78. The van der Waals surface area contributed by atoms with E-state index in [-0.39, 0.29) is 0 Å². The van der Waals surface area contributed by atoms with Gasteiger partial charge in [0.1, 0.15) is 6.61 Å². The number of hydrogen-bond donors (Lipinski definition) is 1. The topological polar surface area (TPSA) is 64.6 Å². The van der Waals surface area contributed by atoms with Crippen LogP contribution in [0.3, 0.4) is 0 Å². The first-order valence-corrected chi connectivity index (χ1v) is 8.15. The first-order valence-electron chi connectivity index (χ1n) is 5.70. The molecule has 1 N–H and O–H groups in total. The molecule has 1 aromatic rings. The van der Waals surface area contributed by atoms with Crippen molar-refractivity contribution in [1.82, 2.24) is 5.32 Å². The molecule has 22 heavy (non-hydrogen) atoms. The van der Waals surface area contributed by atoms with Gasteiger partial charge in [0.25, 0.3) is 0 Å². The Morgan fingerprint density at radius 2 is 2.14 bits per heavy atom. The Morgan fingerprint density at radius 3 is 2.59 bits per heavy atom. The largest absolute Gasteiger partial charge is 0.467 e. The molecule has 0 spiro atoms. The van der Waals surface area contributed by atoms with E-state index in [1.54, 1.807) is 17.5 Å². The highest BCUT2D eigenvalue weighted by molar-refractivity contribution is 7.11. The maximum atomic E-state index is 11.9. The fraction of sp³-hybridized carbons (Fsp3) is 0.333. The Balaban J connectivity index is 2.86. The van der Waals surface area contributed by atoms with Crippen molar-refractivity contribution in [2.24, 2.45) is 0 Å². The highest BCUT2D eigenvalue weighted by atomic mass is 35.6. The van der Waals surface area contributed by atoms with Crippen molar-refractivity contribution in [2.45, 2.75) is 9.83 Å². The van der Waals surface area contributed by atoms with Gasteiger partial charge in [-0.2, -0.15) is 0 Å². The first kappa shape index (κ1) is 19.4. The second kappa shape index (κ2) is 8.84. The number of ether oxygens (including phenoxy) is 2. The van der Waals surface area contributed by atoms with Crippen molar-refractivity contribution in [3.05, 3.63) is 27.9 Å². The molecule has 0 bridgehead atoms. The predicted octanol–water partition coefficient (Wildman–Crippen LogP) is 3.97. The van der Waals surface area contributed by atoms with Crippen LogP contribution in [0.25, 0.3) is 5.57 Å². The lowest BCUT2D eigenvalue weighted by Gasteiger charge is -2.19. The van der Waals surface area contributed by atoms with E-state index in [1.807, 2.05) is 0 Å². The molecule has 0 aliphatic carbocycles. The molecule has 122 valence electrons. The minimum Gasteiger partial charge on any atom is -0.467 e. The smallest absolute Gasteiger partial charge is 0.408 e. The SMILES string of the molecule is COC(=O)C(NC(=O)OCC(Cl)(Cl)Cl)/C(=C/Cl)c1cccs1. The molecule has 0 aliphatic rings. The third-order valence-electron chi connectivity index (χ3n) is 2.30. The zero-order chi connectivity index (χ0) is 16.8. The summed E-state index contributed by atoms with van der Waals surface area (Å²) >= 11 is 23.5. The number of alkyl carbamates (subject to hydrolysis) is 1. The molecule has 0 fully saturated rings. The highest BCUT2D eigenvalue weighted by Gasteiger charge is 2.29. The number of hydrogen-bond acceptors (Lipinski definition) is 5. The molecule has 0 saturated heterocycles. The highest BCUT2D eigenvalue weighted by Crippen LogP contribution is 2.27. The zero-order valence-corrected chi connectivity index (χ0v) is 15.0. The fourth-order valence-corrected chi connectivity index (χ4v) is 2.64. The summed E-state index contributed by atoms with van der Waals surface area (Å²) in [5, 5.41) is 4.12. The van der Waals surface area contributed by atoms with E-state index in [0.717, 1.165) is 0 Å². The number of nitrogens with one attached hydrogen (secondary N) is 1. The van der Waals surface area contributed by atoms with Crippen LogP contribution in [0.4, 0.5) is 4.79 Å². The van der Waals surface area contributed by atoms with E-state index in [2.05, 4.69) is 10.1 Å². The van der Waals surface area contributed by atoms with Gasteiger partial charge in [0.15, 0.2) is 6.04 Å². The molecule has 1 aromatic heterocycles. The van der Waals surface area contributed by atoms with Gasteiger partial charge in [0.2, 0.25) is 3.79 Å². The van der Waals surface area contributed by atoms with Gasteiger partial charge in [-0.25, -0.2) is 9.59 Å². The molecule has 0 aliphatic heterocycles. The summed E-state index contributed by atoms with van der Waals surface area (Å²) in [7, 11) is 1.18. The minimum atomic E-state index is -1.75. The lowest BCUT2D eigenvalue weighted by Crippen LogP contribution is -2.43. The number of amides is 1. The summed E-state index contributed by atoms with van der Waals surface area (Å²) < 4.78 is 7.63. The first-order chi connectivity index (χ1) is 10.3. The van der Waals surface area contributed by atoms with E-state index < -0.39 is 28.5 Å². The van der Waals surface area contributed by atoms with E-state index in [1.165, 1.54) is 24.0 Å². The molecular weight excluding hydrogens is 396 g/mol. The van der Waals surface area contributed by atoms with Gasteiger partial charge in [0.05, 0.1) is 7.11 Å². The Bertz CT molecular complexity index is 542. The Labute approximate surface area is 151 Å². The second-order valence-corrected chi connectivity index (χ2v) is 7.52. The van der Waals surface area contributed by atoms with Crippen molar-refractivity contribution < 1.29 is 19.1 Å². The third kappa shape index (κ3) is 6.22. The van der Waals surface area contributed by atoms with Gasteiger partial charge in [-0.15, -0.1) is 11.3 Å². The normalized spacial score (nSPS) is 13.4. The number of carbonyl (C=O) groups is 2. The molecule has 10 heteroatoms. The molecule has 5 nitrogen and oxygen atoms in total. The zero-order valence-electron chi connectivity index (χ0n) is 11.1. The molecule has 1 atom stereocenters. The number of esters is 1. The van der Waals surface area contributed by atoms with Gasteiger partial charge in [-0.3, -0.25) is 0 Å². The summed E-state index contributed by atoms with van der Waals surface area (Å²) in [4.78, 5) is 24.3. The van der Waals surface area contributed by atoms with Crippen molar-refractivity contribution >= 4 is 75.4 Å². The molecule has 0 radical (unpaired) electrons. The van der Waals surface area contributed by atoms with Gasteiger partial charge in [0, 0.05) is 16.0 Å². The lowest BCUT2D eigenvalue weighted by molar-refractivity contribution is -0.141. The van der Waals surface area contributed by atoms with E-state index in [4.69, 9.17) is 51.1 Å². The minimum absolute atomic E-state index is 0.356. The fourth-order valence-electron chi connectivity index (χ4n) is 1.39. The van der Waals surface area contributed by atoms with Crippen LogP contribution in [0.5, 0.6) is 0 Å². The molecule has 1 rings (SSSR count). The summed E-state index contributed by atoms with van der Waals surface area (Å²) in [6.45, 7) is -0.476. The standard InChI is InChI=1S/C12H11Cl4NO4S/c1-20-10(18)9(7(5-13)8-3-2-4-22-8)17-11(19)21-6-12(14,15)16/h2-5,9H,6H2,1H3,(H,17,19)/b7-5+. The molecule has 1 heterocycles. The number of methoxy groups -OCH3 is 1. The average Bonchev–Trinajstić information content (AvgIpc) is 2.97. The van der Waals surface area contributed by atoms with Crippen LogP contribution in [0.15, 0.2) is 23.0 Å². The Hall–Kier alpha value is -0.660. The average molecular weight is 407 g/mol. The monoisotopic (exact) mass is 405 g/mol. The van der Waals surface area contributed by atoms with Crippen molar-refractivity contribution in [2.75, 3.05) is 13.7 Å². The van der Waals surface area contributed by atoms with Crippen molar-refractivity contribution in [1.29, 1.82) is 0 Å². The van der Waals surface area contributed by atoms with Gasteiger partial charge >= 0.3 is 12.1 Å².